The number of fused-ring (bicyclic) bond motifs is 1. The van der Waals surface area contributed by atoms with Gasteiger partial charge in [0.1, 0.15) is 5.82 Å². The summed E-state index contributed by atoms with van der Waals surface area (Å²) in [6.07, 6.45) is 2.06. The predicted molar refractivity (Wildman–Crippen MR) is 59.1 cm³/mol. The monoisotopic (exact) mass is 208 g/mol. The topological polar surface area (TPSA) is 29.3 Å². The number of hydrogen-bond donors (Lipinski definition) is 1. The van der Waals surface area contributed by atoms with E-state index in [2.05, 4.69) is 11.9 Å². The second kappa shape index (κ2) is 4.29. The number of rotatable bonds is 3. The van der Waals surface area contributed by atoms with Crippen molar-refractivity contribution in [3.63, 3.8) is 0 Å². The number of aryl methyl sites for hydroxylation is 1. The molecule has 82 valence electrons. The van der Waals surface area contributed by atoms with Crippen molar-refractivity contribution in [1.29, 1.82) is 0 Å². The van der Waals surface area contributed by atoms with Crippen molar-refractivity contribution < 1.29 is 4.39 Å². The Hall–Kier alpha value is -0.930. The first-order valence-corrected chi connectivity index (χ1v) is 5.41. The highest BCUT2D eigenvalue weighted by atomic mass is 19.1. The molecule has 1 unspecified atom stereocenters. The van der Waals surface area contributed by atoms with Crippen LogP contribution in [0.15, 0.2) is 18.2 Å². The summed E-state index contributed by atoms with van der Waals surface area (Å²) >= 11 is 0. The van der Waals surface area contributed by atoms with Crippen LogP contribution in [-0.4, -0.2) is 25.0 Å². The summed E-state index contributed by atoms with van der Waals surface area (Å²) in [5.41, 5.74) is 7.97. The molecule has 1 atom stereocenters. The van der Waals surface area contributed by atoms with Crippen molar-refractivity contribution in [2.75, 3.05) is 20.1 Å². The quantitative estimate of drug-likeness (QED) is 0.819. The molecule has 2 rings (SSSR count). The van der Waals surface area contributed by atoms with E-state index >= 15 is 0 Å². The van der Waals surface area contributed by atoms with Crippen LogP contribution in [-0.2, 0) is 6.42 Å². The van der Waals surface area contributed by atoms with E-state index in [0.29, 0.717) is 12.6 Å². The molecule has 3 heteroatoms. The highest BCUT2D eigenvalue weighted by Gasteiger charge is 2.25. The van der Waals surface area contributed by atoms with Crippen LogP contribution in [0.25, 0.3) is 0 Å². The Balaban J connectivity index is 2.21. The Labute approximate surface area is 89.9 Å². The summed E-state index contributed by atoms with van der Waals surface area (Å²) in [7, 11) is 2.08. The van der Waals surface area contributed by atoms with E-state index in [1.54, 1.807) is 12.1 Å². The lowest BCUT2D eigenvalue weighted by Crippen LogP contribution is -2.28. The number of nitrogens with zero attached hydrogens (tertiary/aromatic N) is 1. The summed E-state index contributed by atoms with van der Waals surface area (Å²) in [6, 6.07) is 5.54. The molecule has 2 N–H and O–H groups in total. The second-order valence-corrected chi connectivity index (χ2v) is 4.17. The van der Waals surface area contributed by atoms with Crippen LogP contribution in [0.5, 0.6) is 0 Å². The van der Waals surface area contributed by atoms with Crippen molar-refractivity contribution in [3.8, 4) is 0 Å². The van der Waals surface area contributed by atoms with E-state index in [9.17, 15) is 4.39 Å². The number of halogens is 1. The van der Waals surface area contributed by atoms with E-state index in [1.807, 2.05) is 6.07 Å². The van der Waals surface area contributed by atoms with Crippen molar-refractivity contribution in [3.05, 3.63) is 35.1 Å². The molecule has 0 bridgehead atoms. The molecule has 0 fully saturated rings. The maximum absolute atomic E-state index is 13.0. The summed E-state index contributed by atoms with van der Waals surface area (Å²) < 4.78 is 13.0. The van der Waals surface area contributed by atoms with Gasteiger partial charge < -0.3 is 5.73 Å². The Kier molecular flexibility index (Phi) is 3.03. The van der Waals surface area contributed by atoms with Gasteiger partial charge in [0.15, 0.2) is 0 Å². The second-order valence-electron chi connectivity index (χ2n) is 4.17. The molecule has 0 amide bonds. The van der Waals surface area contributed by atoms with Crippen molar-refractivity contribution >= 4 is 0 Å². The van der Waals surface area contributed by atoms with Crippen LogP contribution in [0.2, 0.25) is 0 Å². The molecule has 1 aliphatic rings. The average molecular weight is 208 g/mol. The molecule has 1 aromatic carbocycles. The maximum Gasteiger partial charge on any atom is 0.123 e. The molecule has 0 aromatic heterocycles. The molecular formula is C12H17FN2. The van der Waals surface area contributed by atoms with Gasteiger partial charge in [0, 0.05) is 19.1 Å². The first-order valence-electron chi connectivity index (χ1n) is 5.41. The summed E-state index contributed by atoms with van der Waals surface area (Å²) in [4.78, 5) is 2.25. The lowest BCUT2D eigenvalue weighted by Gasteiger charge is -2.24. The minimum absolute atomic E-state index is 0.129. The third-order valence-corrected chi connectivity index (χ3v) is 3.16. The zero-order chi connectivity index (χ0) is 10.8. The lowest BCUT2D eigenvalue weighted by molar-refractivity contribution is 0.251. The van der Waals surface area contributed by atoms with Crippen LogP contribution in [0, 0.1) is 5.82 Å². The normalized spacial score (nSPS) is 19.6. The van der Waals surface area contributed by atoms with E-state index in [1.165, 1.54) is 5.56 Å². The van der Waals surface area contributed by atoms with Crippen LogP contribution >= 0.6 is 0 Å². The number of nitrogens with two attached hydrogens (primary N) is 1. The van der Waals surface area contributed by atoms with Gasteiger partial charge >= 0.3 is 0 Å². The van der Waals surface area contributed by atoms with Crippen molar-refractivity contribution in [1.82, 2.24) is 4.90 Å². The first-order chi connectivity index (χ1) is 7.22. The Morgan fingerprint density at radius 2 is 2.33 bits per heavy atom. The van der Waals surface area contributed by atoms with Gasteiger partial charge in [-0.25, -0.2) is 4.39 Å². The Bertz CT molecular complexity index is 351. The largest absolute Gasteiger partial charge is 0.329 e. The molecule has 0 radical (unpaired) electrons. The summed E-state index contributed by atoms with van der Waals surface area (Å²) in [6.45, 7) is 1.56. The molecule has 1 aliphatic carbocycles. The van der Waals surface area contributed by atoms with Gasteiger partial charge in [0.25, 0.3) is 0 Å². The highest BCUT2D eigenvalue weighted by Crippen LogP contribution is 2.34. The molecule has 0 spiro atoms. The van der Waals surface area contributed by atoms with Gasteiger partial charge in [0.05, 0.1) is 0 Å². The SMILES string of the molecule is CN(CCN)C1CCc2cc(F)ccc21. The van der Waals surface area contributed by atoms with Crippen LogP contribution in [0.3, 0.4) is 0 Å². The number of hydrogen-bond acceptors (Lipinski definition) is 2. The van der Waals surface area contributed by atoms with Gasteiger partial charge in [0.2, 0.25) is 0 Å². The maximum atomic E-state index is 13.0. The lowest BCUT2D eigenvalue weighted by atomic mass is 10.1. The molecule has 2 nitrogen and oxygen atoms in total. The van der Waals surface area contributed by atoms with Crippen LogP contribution < -0.4 is 5.73 Å². The average Bonchev–Trinajstić information content (AvgIpc) is 2.60. The zero-order valence-electron chi connectivity index (χ0n) is 9.04. The smallest absolute Gasteiger partial charge is 0.123 e. The summed E-state index contributed by atoms with van der Waals surface area (Å²) in [5.74, 6) is -0.129. The van der Waals surface area contributed by atoms with E-state index < -0.39 is 0 Å². The van der Waals surface area contributed by atoms with Crippen LogP contribution in [0.1, 0.15) is 23.6 Å². The Morgan fingerprint density at radius 3 is 3.07 bits per heavy atom. The molecule has 0 aliphatic heterocycles. The fourth-order valence-corrected chi connectivity index (χ4v) is 2.38. The number of likely N-dealkylation sites (N-methyl/N-ethyl adjacent to an activating group) is 1. The third-order valence-electron chi connectivity index (χ3n) is 3.16. The standard InChI is InChI=1S/C12H17FN2/c1-15(7-6-14)12-5-2-9-8-10(13)3-4-11(9)12/h3-4,8,12H,2,5-7,14H2,1H3. The minimum Gasteiger partial charge on any atom is -0.329 e. The van der Waals surface area contributed by atoms with Crippen LogP contribution in [0.4, 0.5) is 4.39 Å². The fourth-order valence-electron chi connectivity index (χ4n) is 2.38. The van der Waals surface area contributed by atoms with Gasteiger partial charge in [-0.3, -0.25) is 4.90 Å². The van der Waals surface area contributed by atoms with E-state index in [-0.39, 0.29) is 5.82 Å². The molecule has 1 aromatic rings. The molecule has 0 saturated carbocycles. The molecule has 0 saturated heterocycles. The fraction of sp³-hybridized carbons (Fsp3) is 0.500. The van der Waals surface area contributed by atoms with Gasteiger partial charge in [-0.1, -0.05) is 6.07 Å². The van der Waals surface area contributed by atoms with Gasteiger partial charge in [-0.2, -0.15) is 0 Å². The van der Waals surface area contributed by atoms with E-state index in [0.717, 1.165) is 24.9 Å². The van der Waals surface area contributed by atoms with E-state index in [4.69, 9.17) is 5.73 Å². The Morgan fingerprint density at radius 1 is 1.53 bits per heavy atom. The van der Waals surface area contributed by atoms with Crippen molar-refractivity contribution in [2.24, 2.45) is 5.73 Å². The molecular weight excluding hydrogens is 191 g/mol. The third kappa shape index (κ3) is 2.03. The van der Waals surface area contributed by atoms with Gasteiger partial charge in [-0.05, 0) is 43.1 Å². The highest BCUT2D eigenvalue weighted by molar-refractivity contribution is 5.34. The first kappa shape index (κ1) is 10.6. The molecule has 0 heterocycles. The minimum atomic E-state index is -0.129. The van der Waals surface area contributed by atoms with Crippen molar-refractivity contribution in [2.45, 2.75) is 18.9 Å². The van der Waals surface area contributed by atoms with Gasteiger partial charge in [-0.15, -0.1) is 0 Å². The zero-order valence-corrected chi connectivity index (χ0v) is 9.04. The number of benzene rings is 1. The predicted octanol–water partition coefficient (Wildman–Crippen LogP) is 1.70. The molecule has 15 heavy (non-hydrogen) atoms. The summed E-state index contributed by atoms with van der Waals surface area (Å²) in [5, 5.41) is 0.